The van der Waals surface area contributed by atoms with Crippen molar-refractivity contribution in [2.75, 3.05) is 12.8 Å². The number of rotatable bonds is 3. The van der Waals surface area contributed by atoms with Crippen LogP contribution < -0.4 is 5.73 Å². The molecule has 0 saturated carbocycles. The van der Waals surface area contributed by atoms with E-state index in [0.29, 0.717) is 11.3 Å². The molecule has 0 atom stereocenters. The molecule has 94 valence electrons. The van der Waals surface area contributed by atoms with Gasteiger partial charge in [0.05, 0.1) is 12.7 Å². The third kappa shape index (κ3) is 2.80. The van der Waals surface area contributed by atoms with E-state index in [1.54, 1.807) is 12.1 Å². The number of nitrogens with two attached hydrogens (primary N) is 1. The summed E-state index contributed by atoms with van der Waals surface area (Å²) in [5.74, 6) is -0.441. The van der Waals surface area contributed by atoms with Crippen LogP contribution >= 0.6 is 23.1 Å². The molecule has 0 fully saturated rings. The van der Waals surface area contributed by atoms with E-state index in [1.807, 2.05) is 13.0 Å². The van der Waals surface area contributed by atoms with E-state index in [1.165, 1.54) is 30.2 Å². The Balaban J connectivity index is 2.27. The average Bonchev–Trinajstić information content (AvgIpc) is 2.76. The number of ether oxygens (including phenoxy) is 1. The number of esters is 1. The standard InChI is InChI=1S/C11H11N3O2S2/c1-6-13-14-11(17-6)18-7-3-4-9(12)8(5-7)10(15)16-2/h3-5H,12H2,1-2H3. The van der Waals surface area contributed by atoms with Crippen LogP contribution in [0.15, 0.2) is 27.4 Å². The fraction of sp³-hybridized carbons (Fsp3) is 0.182. The Kier molecular flexibility index (Phi) is 3.83. The summed E-state index contributed by atoms with van der Waals surface area (Å²) < 4.78 is 5.50. The first-order valence-corrected chi connectivity index (χ1v) is 6.69. The van der Waals surface area contributed by atoms with E-state index < -0.39 is 5.97 Å². The number of aryl methyl sites for hydroxylation is 1. The Morgan fingerprint density at radius 1 is 1.44 bits per heavy atom. The lowest BCUT2D eigenvalue weighted by Gasteiger charge is -2.05. The van der Waals surface area contributed by atoms with Crippen molar-refractivity contribution in [2.45, 2.75) is 16.2 Å². The van der Waals surface area contributed by atoms with Crippen LogP contribution in [0.2, 0.25) is 0 Å². The minimum absolute atomic E-state index is 0.365. The van der Waals surface area contributed by atoms with E-state index in [9.17, 15) is 4.79 Å². The van der Waals surface area contributed by atoms with Crippen molar-refractivity contribution in [3.63, 3.8) is 0 Å². The highest BCUT2D eigenvalue weighted by Gasteiger charge is 2.12. The molecule has 5 nitrogen and oxygen atoms in total. The fourth-order valence-corrected chi connectivity index (χ4v) is 3.14. The summed E-state index contributed by atoms with van der Waals surface area (Å²) in [6, 6.07) is 5.22. The average molecular weight is 281 g/mol. The highest BCUT2D eigenvalue weighted by Crippen LogP contribution is 2.31. The number of aromatic nitrogens is 2. The molecular weight excluding hydrogens is 270 g/mol. The van der Waals surface area contributed by atoms with E-state index >= 15 is 0 Å². The highest BCUT2D eigenvalue weighted by molar-refractivity contribution is 8.01. The van der Waals surface area contributed by atoms with Crippen LogP contribution in [0.25, 0.3) is 0 Å². The number of nitrogen functional groups attached to an aromatic ring is 1. The molecule has 0 aliphatic carbocycles. The van der Waals surface area contributed by atoms with Gasteiger partial charge >= 0.3 is 5.97 Å². The number of nitrogens with zero attached hydrogens (tertiary/aromatic N) is 2. The maximum Gasteiger partial charge on any atom is 0.339 e. The molecule has 18 heavy (non-hydrogen) atoms. The molecule has 0 bridgehead atoms. The molecule has 2 aromatic rings. The molecule has 0 saturated heterocycles. The monoisotopic (exact) mass is 281 g/mol. The number of hydrogen-bond acceptors (Lipinski definition) is 7. The molecule has 0 aliphatic heterocycles. The second-order valence-corrected chi connectivity index (χ2v) is 5.93. The lowest BCUT2D eigenvalue weighted by molar-refractivity contribution is 0.0601. The summed E-state index contributed by atoms with van der Waals surface area (Å²) in [6.45, 7) is 1.89. The number of hydrogen-bond donors (Lipinski definition) is 1. The number of benzene rings is 1. The molecule has 2 N–H and O–H groups in total. The Labute approximate surface area is 112 Å². The van der Waals surface area contributed by atoms with Gasteiger partial charge in [-0.3, -0.25) is 0 Å². The highest BCUT2D eigenvalue weighted by atomic mass is 32.2. The third-order valence-corrected chi connectivity index (χ3v) is 4.02. The van der Waals surface area contributed by atoms with Crippen molar-refractivity contribution in [1.29, 1.82) is 0 Å². The van der Waals surface area contributed by atoms with Crippen molar-refractivity contribution in [2.24, 2.45) is 0 Å². The van der Waals surface area contributed by atoms with Crippen LogP contribution in [-0.2, 0) is 4.74 Å². The van der Waals surface area contributed by atoms with Gasteiger partial charge in [0.2, 0.25) is 0 Å². The topological polar surface area (TPSA) is 78.1 Å². The minimum atomic E-state index is -0.441. The van der Waals surface area contributed by atoms with Crippen LogP contribution in [0.5, 0.6) is 0 Å². The Morgan fingerprint density at radius 3 is 2.83 bits per heavy atom. The van der Waals surface area contributed by atoms with Gasteiger partial charge in [0, 0.05) is 10.6 Å². The molecule has 2 rings (SSSR count). The summed E-state index contributed by atoms with van der Waals surface area (Å²) in [6.07, 6.45) is 0. The summed E-state index contributed by atoms with van der Waals surface area (Å²) in [4.78, 5) is 12.4. The minimum Gasteiger partial charge on any atom is -0.465 e. The zero-order chi connectivity index (χ0) is 13.1. The number of methoxy groups -OCH3 is 1. The van der Waals surface area contributed by atoms with Gasteiger partial charge in [-0.25, -0.2) is 4.79 Å². The first kappa shape index (κ1) is 12.8. The van der Waals surface area contributed by atoms with E-state index in [4.69, 9.17) is 5.73 Å². The van der Waals surface area contributed by atoms with Crippen molar-refractivity contribution in [3.8, 4) is 0 Å². The predicted octanol–water partition coefficient (Wildman–Crippen LogP) is 2.37. The van der Waals surface area contributed by atoms with Gasteiger partial charge in [0.25, 0.3) is 0 Å². The third-order valence-electron chi connectivity index (χ3n) is 2.14. The smallest absolute Gasteiger partial charge is 0.339 e. The summed E-state index contributed by atoms with van der Waals surface area (Å²) in [5.41, 5.74) is 6.49. The van der Waals surface area contributed by atoms with Crippen LogP contribution in [0.4, 0.5) is 5.69 Å². The van der Waals surface area contributed by atoms with Gasteiger partial charge in [-0.05, 0) is 25.1 Å². The van der Waals surface area contributed by atoms with Gasteiger partial charge < -0.3 is 10.5 Å². The van der Waals surface area contributed by atoms with Gasteiger partial charge in [-0.2, -0.15) is 0 Å². The summed E-state index contributed by atoms with van der Waals surface area (Å²) >= 11 is 2.94. The van der Waals surface area contributed by atoms with Gasteiger partial charge in [-0.1, -0.05) is 23.1 Å². The Hall–Kier alpha value is -1.60. The lowest BCUT2D eigenvalue weighted by atomic mass is 10.2. The molecule has 1 heterocycles. The number of anilines is 1. The van der Waals surface area contributed by atoms with Crippen molar-refractivity contribution >= 4 is 34.8 Å². The molecule has 0 spiro atoms. The lowest BCUT2D eigenvalue weighted by Crippen LogP contribution is -2.05. The van der Waals surface area contributed by atoms with Gasteiger partial charge in [-0.15, -0.1) is 10.2 Å². The maximum absolute atomic E-state index is 11.5. The summed E-state index contributed by atoms with van der Waals surface area (Å²) in [7, 11) is 1.33. The Morgan fingerprint density at radius 2 is 2.22 bits per heavy atom. The molecule has 0 radical (unpaired) electrons. The quantitative estimate of drug-likeness (QED) is 0.687. The van der Waals surface area contributed by atoms with Crippen LogP contribution in [0.3, 0.4) is 0 Å². The second-order valence-electron chi connectivity index (χ2n) is 3.43. The normalized spacial score (nSPS) is 10.3. The SMILES string of the molecule is COC(=O)c1cc(Sc2nnc(C)s2)ccc1N. The zero-order valence-corrected chi connectivity index (χ0v) is 11.5. The van der Waals surface area contributed by atoms with Crippen molar-refractivity contribution in [3.05, 3.63) is 28.8 Å². The fourth-order valence-electron chi connectivity index (χ4n) is 1.31. The van der Waals surface area contributed by atoms with E-state index in [2.05, 4.69) is 14.9 Å². The van der Waals surface area contributed by atoms with Gasteiger partial charge in [0.1, 0.15) is 5.01 Å². The molecule has 0 amide bonds. The van der Waals surface area contributed by atoms with Crippen molar-refractivity contribution in [1.82, 2.24) is 10.2 Å². The largest absolute Gasteiger partial charge is 0.465 e. The van der Waals surface area contributed by atoms with Gasteiger partial charge in [0.15, 0.2) is 4.34 Å². The number of carbonyl (C=O) groups excluding carboxylic acids is 1. The first-order valence-electron chi connectivity index (χ1n) is 5.06. The molecule has 7 heteroatoms. The molecule has 0 aliphatic rings. The van der Waals surface area contributed by atoms with Crippen LogP contribution in [-0.4, -0.2) is 23.3 Å². The summed E-state index contributed by atoms with van der Waals surface area (Å²) in [5, 5.41) is 8.85. The molecule has 1 aromatic carbocycles. The molecular formula is C11H11N3O2S2. The van der Waals surface area contributed by atoms with Crippen molar-refractivity contribution < 1.29 is 9.53 Å². The second kappa shape index (κ2) is 5.36. The first-order chi connectivity index (χ1) is 8.60. The van der Waals surface area contributed by atoms with E-state index in [0.717, 1.165) is 14.2 Å². The maximum atomic E-state index is 11.5. The molecule has 0 unspecified atom stereocenters. The van der Waals surface area contributed by atoms with E-state index in [-0.39, 0.29) is 0 Å². The Bertz CT molecular complexity index is 583. The zero-order valence-electron chi connectivity index (χ0n) is 9.84. The predicted molar refractivity (Wildman–Crippen MR) is 71.0 cm³/mol. The van der Waals surface area contributed by atoms with Crippen LogP contribution in [0, 0.1) is 6.92 Å². The molecule has 1 aromatic heterocycles. The van der Waals surface area contributed by atoms with Crippen LogP contribution in [0.1, 0.15) is 15.4 Å². The number of carbonyl (C=O) groups is 1.